The van der Waals surface area contributed by atoms with Crippen molar-refractivity contribution in [3.8, 4) is 56.3 Å². The van der Waals surface area contributed by atoms with Crippen molar-refractivity contribution in [1.82, 2.24) is 0 Å². The first-order valence-corrected chi connectivity index (χ1v) is 41.1. The highest BCUT2D eigenvalue weighted by Gasteiger charge is 2.27. The van der Waals surface area contributed by atoms with Crippen LogP contribution in [0.25, 0.3) is 111 Å². The predicted molar refractivity (Wildman–Crippen MR) is 477 cm³/mol. The first-order valence-electron chi connectivity index (χ1n) is 41.1. The van der Waals surface area contributed by atoms with Gasteiger partial charge in [0.05, 0.1) is 0 Å². The predicted octanol–water partition coefficient (Wildman–Crippen LogP) is 24.9. The molecule has 0 N–H and O–H groups in total. The molecule has 5 aromatic heterocycles. The minimum absolute atomic E-state index is 0.270. The lowest BCUT2D eigenvalue weighted by Gasteiger charge is -2.19. The highest BCUT2D eigenvalue weighted by Crippen LogP contribution is 2.36. The first-order chi connectivity index (χ1) is 53.8. The Morgan fingerprint density at radius 2 is 0.696 bits per heavy atom. The molecular formula is C107H122N5+5. The van der Waals surface area contributed by atoms with Crippen LogP contribution in [0.5, 0.6) is 0 Å². The molecule has 0 spiro atoms. The van der Waals surface area contributed by atoms with Crippen molar-refractivity contribution in [2.45, 2.75) is 162 Å². The molecular weight excluding hydrogens is 1360 g/mol. The van der Waals surface area contributed by atoms with Gasteiger partial charge in [0.25, 0.3) is 0 Å². The van der Waals surface area contributed by atoms with E-state index in [4.69, 9.17) is 0 Å². The largest absolute Gasteiger partial charge is 0.213 e. The van der Waals surface area contributed by atoms with Crippen LogP contribution in [-0.2, 0) is 60.9 Å². The molecule has 570 valence electrons. The molecule has 1 saturated carbocycles. The Morgan fingerprint density at radius 3 is 1.15 bits per heavy atom. The summed E-state index contributed by atoms with van der Waals surface area (Å²) in [6.45, 7) is 33.5. The molecule has 0 amide bonds. The Labute approximate surface area is 670 Å². The summed E-state index contributed by atoms with van der Waals surface area (Å²) in [5.74, 6) is 1.54. The van der Waals surface area contributed by atoms with E-state index in [1.165, 1.54) is 222 Å². The van der Waals surface area contributed by atoms with Crippen molar-refractivity contribution < 1.29 is 22.8 Å². The number of para-hydroxylation sites is 4. The second-order valence-electron chi connectivity index (χ2n) is 33.8. The molecule has 1 fully saturated rings. The number of hydrogen-bond acceptors (Lipinski definition) is 0. The van der Waals surface area contributed by atoms with Gasteiger partial charge in [-0.3, -0.25) is 0 Å². The molecule has 5 heteroatoms. The number of fused-ring (bicyclic) bond motifs is 5. The van der Waals surface area contributed by atoms with Crippen LogP contribution in [0.15, 0.2) is 255 Å². The van der Waals surface area contributed by atoms with Gasteiger partial charge in [0.1, 0.15) is 35.2 Å². The van der Waals surface area contributed by atoms with E-state index in [2.05, 4.69) is 417 Å². The van der Waals surface area contributed by atoms with Crippen LogP contribution in [0.1, 0.15) is 146 Å². The number of benzene rings is 10. The highest BCUT2D eigenvalue weighted by atomic mass is 15.0. The van der Waals surface area contributed by atoms with E-state index >= 15 is 0 Å². The van der Waals surface area contributed by atoms with Crippen molar-refractivity contribution in [2.75, 3.05) is 0 Å². The molecule has 0 radical (unpaired) electrons. The van der Waals surface area contributed by atoms with E-state index < -0.39 is 0 Å². The van der Waals surface area contributed by atoms with Crippen LogP contribution >= 0.6 is 0 Å². The maximum absolute atomic E-state index is 2.45. The lowest BCUT2D eigenvalue weighted by molar-refractivity contribution is -0.633. The lowest BCUT2D eigenvalue weighted by atomic mass is 9.86. The summed E-state index contributed by atoms with van der Waals surface area (Å²) in [6, 6.07) is 92.9. The molecule has 0 unspecified atom stereocenters. The first kappa shape index (κ1) is 80.8. The zero-order chi connectivity index (χ0) is 79.7. The van der Waals surface area contributed by atoms with Gasteiger partial charge in [0, 0.05) is 115 Å². The van der Waals surface area contributed by atoms with E-state index in [0.717, 1.165) is 25.2 Å². The molecule has 5 heterocycles. The number of aromatic nitrogens is 5. The quantitative estimate of drug-likeness (QED) is 0.109. The number of pyridine rings is 5. The average Bonchev–Trinajstić information content (AvgIpc) is 1.46. The van der Waals surface area contributed by atoms with Gasteiger partial charge < -0.3 is 0 Å². The van der Waals surface area contributed by atoms with Gasteiger partial charge in [-0.25, -0.2) is 0 Å². The molecule has 1 aliphatic carbocycles. The second-order valence-corrected chi connectivity index (χ2v) is 33.8. The van der Waals surface area contributed by atoms with Crippen molar-refractivity contribution in [1.29, 1.82) is 0 Å². The number of aryl methyl sites for hydroxylation is 13. The Kier molecular flexibility index (Phi) is 25.8. The van der Waals surface area contributed by atoms with Crippen LogP contribution in [0.2, 0.25) is 0 Å². The van der Waals surface area contributed by atoms with Gasteiger partial charge >= 0.3 is 0 Å². The molecule has 15 aromatic rings. The Morgan fingerprint density at radius 1 is 0.330 bits per heavy atom. The average molecular weight is 1480 g/mol. The summed E-state index contributed by atoms with van der Waals surface area (Å²) in [5.41, 5.74) is 37.8. The Bertz CT molecular complexity index is 5900. The van der Waals surface area contributed by atoms with Crippen LogP contribution in [0.3, 0.4) is 0 Å². The smallest absolute Gasteiger partial charge is 0.194 e. The fourth-order valence-electron chi connectivity index (χ4n) is 17.4. The number of rotatable bonds is 12. The van der Waals surface area contributed by atoms with Crippen LogP contribution in [-0.4, -0.2) is 0 Å². The molecule has 5 nitrogen and oxygen atoms in total. The van der Waals surface area contributed by atoms with Gasteiger partial charge in [0.2, 0.25) is 56.1 Å². The van der Waals surface area contributed by atoms with Crippen molar-refractivity contribution >= 4 is 54.5 Å². The molecule has 10 aromatic carbocycles. The third kappa shape index (κ3) is 18.2. The van der Waals surface area contributed by atoms with Crippen LogP contribution in [0, 0.1) is 79.6 Å². The Hall–Kier alpha value is -10.8. The summed E-state index contributed by atoms with van der Waals surface area (Å²) < 4.78 is 11.6. The molecule has 0 aliphatic heterocycles. The normalized spacial score (nSPS) is 12.2. The van der Waals surface area contributed by atoms with Gasteiger partial charge in [-0.15, -0.1) is 0 Å². The van der Waals surface area contributed by atoms with Crippen LogP contribution in [0.4, 0.5) is 0 Å². The fraction of sp³-hybridized carbons (Fsp3) is 0.299. The van der Waals surface area contributed by atoms with E-state index in [0.29, 0.717) is 5.92 Å². The molecule has 0 atom stereocenters. The molecule has 0 saturated heterocycles. The lowest BCUT2D eigenvalue weighted by Crippen LogP contribution is -2.33. The topological polar surface area (TPSA) is 19.4 Å². The van der Waals surface area contributed by atoms with Crippen LogP contribution < -0.4 is 22.8 Å². The maximum Gasteiger partial charge on any atom is 0.213 e. The highest BCUT2D eigenvalue weighted by molar-refractivity contribution is 5.86. The Balaban J connectivity index is 0.000000130. The standard InChI is InChI=1S/C23H26N.C23H28N.C22H26N.C20H22N.C19H20N/c1-17-9-3-6-12-20(17)23-16-19(15-18-10-4-5-11-18)21-13-7-8-14-22(21)24(23)2;1-15(2)12-19-8-7-9-22-20(19)10-11-23(24(22)6)21-14-16(3)13-17(4)18(21)5;1-16-10-6-7-11-18(16)21-14-17(15-22(2,3)4)19-12-8-9-13-20(19)23(21)5;1-4-9-16-14-20(17-11-6-5-10-15(17)2)21(3)19-13-8-7-12-18(16)19;1-13-11-14(2)15(3)17(12-13)19-10-9-16-7-5-6-8-18(16)20(19)4/h3,6-9,12-14,16,18H,4-5,10-11,15H2,1-2H3;7-11,13-15H,12H2,1-6H3;6-14H,15H2,1-5H3;5-8,10-14H,4,9H2,1-3H3;5-12H,1-4H3/q5*+1. The fourth-order valence-corrected chi connectivity index (χ4v) is 17.4. The van der Waals surface area contributed by atoms with E-state index in [-0.39, 0.29) is 5.41 Å². The van der Waals surface area contributed by atoms with Gasteiger partial charge in [0.15, 0.2) is 0 Å². The third-order valence-corrected chi connectivity index (χ3v) is 23.5. The zero-order valence-electron chi connectivity index (χ0n) is 71.0. The number of nitrogens with zero attached hydrogens (tertiary/aromatic N) is 5. The van der Waals surface area contributed by atoms with E-state index in [1.807, 2.05) is 0 Å². The minimum Gasteiger partial charge on any atom is -0.194 e. The second kappa shape index (κ2) is 35.7. The SMILES string of the molecule is CCCc1cc(-c2ccccc2C)[n+](C)c2ccccc12.Cc1cc(C)c(C)c(-c2ccc3c(CC(C)C)cccc3[n+]2C)c1.Cc1cc(C)c(C)c(-c2ccc3ccccc3[n+]2C)c1.Cc1ccccc1-c1cc(CC(C)(C)C)c2ccccc2[n+]1C.Cc1ccccc1-c1cc(CC2CCCC2)c2ccccc2[n+]1C. The molecule has 16 rings (SSSR count). The van der Waals surface area contributed by atoms with Crippen molar-refractivity contribution in [2.24, 2.45) is 52.5 Å². The number of hydrogen-bond donors (Lipinski definition) is 0. The summed E-state index contributed by atoms with van der Waals surface area (Å²) in [4.78, 5) is 0. The minimum atomic E-state index is 0.270. The molecule has 1 aliphatic rings. The monoisotopic (exact) mass is 1480 g/mol. The summed E-state index contributed by atoms with van der Waals surface area (Å²) in [7, 11) is 10.9. The molecule has 0 bridgehead atoms. The molecule has 112 heavy (non-hydrogen) atoms. The van der Waals surface area contributed by atoms with Gasteiger partial charge in [-0.1, -0.05) is 212 Å². The van der Waals surface area contributed by atoms with Crippen molar-refractivity contribution in [3.63, 3.8) is 0 Å². The maximum atomic E-state index is 2.45. The zero-order valence-corrected chi connectivity index (χ0v) is 71.0. The third-order valence-electron chi connectivity index (χ3n) is 23.5. The van der Waals surface area contributed by atoms with Gasteiger partial charge in [-0.05, 0) is 233 Å². The van der Waals surface area contributed by atoms with Crippen molar-refractivity contribution in [3.05, 3.63) is 327 Å². The van der Waals surface area contributed by atoms with Gasteiger partial charge in [-0.2, -0.15) is 22.8 Å². The summed E-state index contributed by atoms with van der Waals surface area (Å²) in [5, 5.41) is 6.81. The van der Waals surface area contributed by atoms with E-state index in [1.54, 1.807) is 0 Å². The van der Waals surface area contributed by atoms with E-state index in [9.17, 15) is 0 Å². The summed E-state index contributed by atoms with van der Waals surface area (Å²) >= 11 is 0. The summed E-state index contributed by atoms with van der Waals surface area (Å²) in [6.07, 6.45) is 11.3.